The van der Waals surface area contributed by atoms with Gasteiger partial charge in [-0.05, 0) is 25.0 Å². The molecule has 15 heavy (non-hydrogen) atoms. The molecular weight excluding hydrogens is 192 g/mol. The van der Waals surface area contributed by atoms with Crippen LogP contribution in [-0.4, -0.2) is 13.1 Å². The molecule has 1 aromatic carbocycles. The molecule has 0 radical (unpaired) electrons. The molecule has 80 valence electrons. The van der Waals surface area contributed by atoms with E-state index in [1.54, 1.807) is 0 Å². The third-order valence-electron chi connectivity index (χ3n) is 2.05. The van der Waals surface area contributed by atoms with Crippen molar-refractivity contribution in [1.29, 1.82) is 10.8 Å². The lowest BCUT2D eigenvalue weighted by molar-refractivity contribution is 0.0599. The number of ether oxygens (including phenoxy) is 1. The van der Waals surface area contributed by atoms with Gasteiger partial charge in [-0.1, -0.05) is 24.6 Å². The maximum absolute atomic E-state index is 11.3. The molecule has 1 rings (SSSR count). The Balaban J connectivity index is 0.000000921. The predicted molar refractivity (Wildman–Crippen MR) is 55.3 cm³/mol. The van der Waals surface area contributed by atoms with Crippen molar-refractivity contribution >= 4 is 5.97 Å². The minimum absolute atomic E-state index is 0.253. The number of aryl methyl sites for hydroxylation is 2. The molecule has 0 aliphatic rings. The zero-order valence-corrected chi connectivity index (χ0v) is 9.15. The summed E-state index contributed by atoms with van der Waals surface area (Å²) in [6.07, 6.45) is 0.853. The number of nitrogens with zero attached hydrogens (tertiary/aromatic N) is 2. The van der Waals surface area contributed by atoms with E-state index in [9.17, 15) is 4.79 Å². The lowest BCUT2D eigenvalue weighted by Crippen LogP contribution is -2.05. The molecule has 0 N–H and O–H groups in total. The van der Waals surface area contributed by atoms with Gasteiger partial charge in [-0.25, -0.2) is 4.79 Å². The standard InChI is InChI=1S/C11H14O2.N2/c1-4-9-7-8(2)5-6-10(9)11(12)13-3;1-2/h5-7H,4H2,1-3H3;. The van der Waals surface area contributed by atoms with Crippen molar-refractivity contribution in [2.75, 3.05) is 7.11 Å². The lowest BCUT2D eigenvalue weighted by Gasteiger charge is -2.06. The second kappa shape index (κ2) is 6.55. The van der Waals surface area contributed by atoms with Gasteiger partial charge >= 0.3 is 5.97 Å². The Morgan fingerprint density at radius 1 is 1.40 bits per heavy atom. The van der Waals surface area contributed by atoms with E-state index in [1.807, 2.05) is 32.0 Å². The Kier molecular flexibility index (Phi) is 5.72. The van der Waals surface area contributed by atoms with Gasteiger partial charge in [0.05, 0.1) is 12.7 Å². The molecule has 0 aliphatic carbocycles. The van der Waals surface area contributed by atoms with Crippen LogP contribution in [0.2, 0.25) is 0 Å². The minimum Gasteiger partial charge on any atom is -0.465 e. The average molecular weight is 206 g/mol. The van der Waals surface area contributed by atoms with Crippen LogP contribution in [0.3, 0.4) is 0 Å². The fraction of sp³-hybridized carbons (Fsp3) is 0.364. The third kappa shape index (κ3) is 3.39. The summed E-state index contributed by atoms with van der Waals surface area (Å²) in [6, 6.07) is 5.76. The Bertz CT molecular complexity index is 359. The second-order valence-corrected chi connectivity index (χ2v) is 3.01. The first-order chi connectivity index (χ1) is 7.19. The van der Waals surface area contributed by atoms with Crippen LogP contribution in [0.1, 0.15) is 28.4 Å². The van der Waals surface area contributed by atoms with E-state index >= 15 is 0 Å². The van der Waals surface area contributed by atoms with Crippen LogP contribution in [0.5, 0.6) is 0 Å². The van der Waals surface area contributed by atoms with Crippen molar-refractivity contribution in [2.24, 2.45) is 0 Å². The first-order valence-electron chi connectivity index (χ1n) is 4.57. The molecule has 0 amide bonds. The quantitative estimate of drug-likeness (QED) is 0.550. The van der Waals surface area contributed by atoms with Crippen molar-refractivity contribution in [1.82, 2.24) is 0 Å². The monoisotopic (exact) mass is 206 g/mol. The van der Waals surface area contributed by atoms with E-state index in [0.29, 0.717) is 5.56 Å². The van der Waals surface area contributed by atoms with Gasteiger partial charge in [-0.3, -0.25) is 0 Å². The first-order valence-corrected chi connectivity index (χ1v) is 4.57. The summed E-state index contributed by atoms with van der Waals surface area (Å²) >= 11 is 0. The zero-order chi connectivity index (χ0) is 11.8. The Hall–Kier alpha value is -1.89. The molecule has 0 bridgehead atoms. The van der Waals surface area contributed by atoms with Crippen LogP contribution in [0.15, 0.2) is 18.2 Å². The summed E-state index contributed by atoms with van der Waals surface area (Å²) in [6.45, 7) is 4.04. The fourth-order valence-corrected chi connectivity index (χ4v) is 1.32. The van der Waals surface area contributed by atoms with Crippen LogP contribution in [-0.2, 0) is 11.2 Å². The largest absolute Gasteiger partial charge is 0.465 e. The van der Waals surface area contributed by atoms with Crippen LogP contribution >= 0.6 is 0 Å². The number of rotatable bonds is 2. The molecule has 0 spiro atoms. The molecule has 1 aromatic rings. The number of methoxy groups -OCH3 is 1. The lowest BCUT2D eigenvalue weighted by atomic mass is 10.0. The normalized spacial score (nSPS) is 8.60. The van der Waals surface area contributed by atoms with Gasteiger partial charge < -0.3 is 4.74 Å². The van der Waals surface area contributed by atoms with Gasteiger partial charge in [0, 0.05) is 10.8 Å². The summed E-state index contributed by atoms with van der Waals surface area (Å²) in [5, 5.41) is 12.0. The highest BCUT2D eigenvalue weighted by atomic mass is 16.5. The van der Waals surface area contributed by atoms with Gasteiger partial charge in [-0.15, -0.1) is 0 Å². The van der Waals surface area contributed by atoms with Crippen LogP contribution in [0.4, 0.5) is 0 Å². The number of esters is 1. The number of benzene rings is 1. The topological polar surface area (TPSA) is 73.9 Å². The smallest absolute Gasteiger partial charge is 0.338 e. The average Bonchev–Trinajstić information content (AvgIpc) is 2.30. The molecular formula is C11H14N2O2. The maximum atomic E-state index is 11.3. The summed E-state index contributed by atoms with van der Waals surface area (Å²) in [7, 11) is 1.40. The Morgan fingerprint density at radius 3 is 2.47 bits per heavy atom. The SMILES string of the molecule is CCc1cc(C)ccc1C(=O)OC.N#N. The summed E-state index contributed by atoms with van der Waals surface area (Å²) < 4.78 is 4.68. The van der Waals surface area contributed by atoms with Gasteiger partial charge in [0.2, 0.25) is 0 Å². The zero-order valence-electron chi connectivity index (χ0n) is 9.15. The van der Waals surface area contributed by atoms with E-state index in [4.69, 9.17) is 10.8 Å². The van der Waals surface area contributed by atoms with Crippen molar-refractivity contribution in [3.05, 3.63) is 34.9 Å². The Labute approximate surface area is 89.3 Å². The van der Waals surface area contributed by atoms with Gasteiger partial charge in [0.25, 0.3) is 0 Å². The summed E-state index contributed by atoms with van der Waals surface area (Å²) in [5.41, 5.74) is 2.90. The number of carbonyl (C=O) groups excluding carboxylic acids is 1. The minimum atomic E-state index is -0.253. The highest BCUT2D eigenvalue weighted by molar-refractivity contribution is 5.91. The van der Waals surface area contributed by atoms with Gasteiger partial charge in [-0.2, -0.15) is 0 Å². The molecule has 4 nitrogen and oxygen atoms in total. The Morgan fingerprint density at radius 2 is 2.00 bits per heavy atom. The summed E-state index contributed by atoms with van der Waals surface area (Å²) in [5.74, 6) is -0.253. The van der Waals surface area contributed by atoms with Gasteiger partial charge in [0.15, 0.2) is 0 Å². The first kappa shape index (κ1) is 13.1. The second-order valence-electron chi connectivity index (χ2n) is 3.01. The number of hydrogen-bond donors (Lipinski definition) is 0. The van der Waals surface area contributed by atoms with Crippen LogP contribution < -0.4 is 0 Å². The van der Waals surface area contributed by atoms with Crippen molar-refractivity contribution in [2.45, 2.75) is 20.3 Å². The molecule has 0 unspecified atom stereocenters. The van der Waals surface area contributed by atoms with Crippen molar-refractivity contribution in [3.8, 4) is 0 Å². The highest BCUT2D eigenvalue weighted by Crippen LogP contribution is 2.13. The van der Waals surface area contributed by atoms with E-state index in [2.05, 4.69) is 4.74 Å². The van der Waals surface area contributed by atoms with E-state index < -0.39 is 0 Å². The van der Waals surface area contributed by atoms with Crippen LogP contribution in [0, 0.1) is 17.7 Å². The molecule has 0 aliphatic heterocycles. The van der Waals surface area contributed by atoms with Crippen LogP contribution in [0.25, 0.3) is 0 Å². The van der Waals surface area contributed by atoms with Gasteiger partial charge in [0.1, 0.15) is 0 Å². The van der Waals surface area contributed by atoms with E-state index in [-0.39, 0.29) is 5.97 Å². The third-order valence-corrected chi connectivity index (χ3v) is 2.05. The molecule has 0 fully saturated rings. The van der Waals surface area contributed by atoms with Crippen molar-refractivity contribution < 1.29 is 9.53 Å². The fourth-order valence-electron chi connectivity index (χ4n) is 1.32. The highest BCUT2D eigenvalue weighted by Gasteiger charge is 2.09. The van der Waals surface area contributed by atoms with E-state index in [0.717, 1.165) is 12.0 Å². The molecule has 0 saturated carbocycles. The predicted octanol–water partition coefficient (Wildman–Crippen LogP) is 2.37. The van der Waals surface area contributed by atoms with Crippen molar-refractivity contribution in [3.63, 3.8) is 0 Å². The molecule has 0 saturated heterocycles. The molecule has 0 aromatic heterocycles. The molecule has 0 atom stereocenters. The molecule has 0 heterocycles. The number of carbonyl (C=O) groups is 1. The van der Waals surface area contributed by atoms with E-state index in [1.165, 1.54) is 12.7 Å². The molecule has 4 heteroatoms. The maximum Gasteiger partial charge on any atom is 0.338 e. The summed E-state index contributed by atoms with van der Waals surface area (Å²) in [4.78, 5) is 11.3. The number of hydrogen-bond acceptors (Lipinski definition) is 4.